The molecule has 2 aliphatic carbocycles. The van der Waals surface area contributed by atoms with E-state index in [0.717, 1.165) is 28.1 Å². The molecule has 0 bridgehead atoms. The SMILES string of the molecule is CCc1ccc(N2C(=O)C3CC=C4C(CC5C(=O)N(Nc6ccc(C)cc6)C(=O)C5(c5ccccc5)C4c4cc(OC)ccc4O)C3C2=O)cc1. The van der Waals surface area contributed by atoms with E-state index in [1.165, 1.54) is 18.1 Å². The van der Waals surface area contributed by atoms with Crippen molar-refractivity contribution in [3.8, 4) is 11.5 Å². The number of amides is 4. The molecule has 0 spiro atoms. The van der Waals surface area contributed by atoms with Gasteiger partial charge in [0.1, 0.15) is 11.5 Å². The molecule has 3 fully saturated rings. The summed E-state index contributed by atoms with van der Waals surface area (Å²) in [5, 5.41) is 12.7. The van der Waals surface area contributed by atoms with Crippen LogP contribution in [0.25, 0.3) is 0 Å². The third-order valence-corrected chi connectivity index (χ3v) is 11.5. The fourth-order valence-corrected chi connectivity index (χ4v) is 9.12. The zero-order chi connectivity index (χ0) is 35.6. The first kappa shape index (κ1) is 32.5. The summed E-state index contributed by atoms with van der Waals surface area (Å²) < 4.78 is 5.61. The molecule has 0 aromatic heterocycles. The van der Waals surface area contributed by atoms with Crippen LogP contribution >= 0.6 is 0 Å². The first-order valence-electron chi connectivity index (χ1n) is 17.5. The predicted molar refractivity (Wildman–Crippen MR) is 192 cm³/mol. The summed E-state index contributed by atoms with van der Waals surface area (Å²) in [5.74, 6) is -4.73. The average molecular weight is 682 g/mol. The van der Waals surface area contributed by atoms with Crippen LogP contribution in [0.1, 0.15) is 47.9 Å². The Labute approximate surface area is 296 Å². The minimum atomic E-state index is -1.49. The van der Waals surface area contributed by atoms with Gasteiger partial charge in [0.05, 0.1) is 41.7 Å². The molecule has 4 aliphatic rings. The zero-order valence-electron chi connectivity index (χ0n) is 28.7. The molecular formula is C42H39N3O6. The number of allylic oxidation sites excluding steroid dienone is 2. The number of hydrazine groups is 1. The fourth-order valence-electron chi connectivity index (χ4n) is 9.12. The third-order valence-electron chi connectivity index (χ3n) is 11.5. The number of phenolic OH excluding ortho intramolecular Hbond substituents is 1. The average Bonchev–Trinajstić information content (AvgIpc) is 3.54. The first-order chi connectivity index (χ1) is 24.7. The van der Waals surface area contributed by atoms with Crippen LogP contribution in [-0.4, -0.2) is 40.9 Å². The van der Waals surface area contributed by atoms with Gasteiger partial charge in [-0.25, -0.2) is 0 Å². The van der Waals surface area contributed by atoms with Crippen LogP contribution in [0.4, 0.5) is 11.4 Å². The summed E-state index contributed by atoms with van der Waals surface area (Å²) in [4.78, 5) is 60.0. The van der Waals surface area contributed by atoms with Crippen molar-refractivity contribution in [2.75, 3.05) is 17.4 Å². The van der Waals surface area contributed by atoms with Gasteiger partial charge in [-0.3, -0.25) is 29.5 Å². The molecule has 9 heteroatoms. The number of anilines is 2. The largest absolute Gasteiger partial charge is 0.508 e. The van der Waals surface area contributed by atoms with E-state index < -0.39 is 46.8 Å². The number of fused-ring (bicyclic) bond motifs is 4. The minimum Gasteiger partial charge on any atom is -0.508 e. The number of nitrogens with zero attached hydrogens (tertiary/aromatic N) is 2. The van der Waals surface area contributed by atoms with Crippen LogP contribution in [-0.2, 0) is 31.0 Å². The third kappa shape index (κ3) is 4.82. The highest BCUT2D eigenvalue weighted by atomic mass is 16.5. The van der Waals surface area contributed by atoms with Crippen LogP contribution < -0.4 is 15.1 Å². The van der Waals surface area contributed by atoms with Crippen LogP contribution in [0.5, 0.6) is 11.5 Å². The number of ether oxygens (including phenoxy) is 1. The van der Waals surface area contributed by atoms with Gasteiger partial charge in [0.2, 0.25) is 11.8 Å². The molecule has 1 saturated carbocycles. The van der Waals surface area contributed by atoms with Gasteiger partial charge in [-0.05, 0) is 85.7 Å². The molecule has 258 valence electrons. The second-order valence-corrected chi connectivity index (χ2v) is 14.0. The Hall–Kier alpha value is -5.70. The van der Waals surface area contributed by atoms with E-state index in [1.807, 2.05) is 98.8 Å². The van der Waals surface area contributed by atoms with Crippen molar-refractivity contribution in [2.45, 2.75) is 44.4 Å². The number of nitrogens with one attached hydrogen (secondary N) is 1. The number of hydrogen-bond donors (Lipinski definition) is 2. The molecule has 2 aliphatic heterocycles. The van der Waals surface area contributed by atoms with Crippen molar-refractivity contribution < 1.29 is 29.0 Å². The van der Waals surface area contributed by atoms with Crippen molar-refractivity contribution in [1.29, 1.82) is 0 Å². The van der Waals surface area contributed by atoms with Gasteiger partial charge in [0.25, 0.3) is 11.8 Å². The second-order valence-electron chi connectivity index (χ2n) is 14.0. The highest BCUT2D eigenvalue weighted by Gasteiger charge is 2.70. The Bertz CT molecular complexity index is 2090. The smallest absolute Gasteiger partial charge is 0.260 e. The lowest BCUT2D eigenvalue weighted by atomic mass is 9.49. The Morgan fingerprint density at radius 1 is 0.863 bits per heavy atom. The number of benzene rings is 4. The van der Waals surface area contributed by atoms with Gasteiger partial charge in [-0.15, -0.1) is 0 Å². The van der Waals surface area contributed by atoms with E-state index in [1.54, 1.807) is 12.1 Å². The predicted octanol–water partition coefficient (Wildman–Crippen LogP) is 6.46. The standard InChI is InChI=1S/C42H39N3O6/c1-4-25-12-16-28(17-13-25)44-38(47)31-20-19-30-32(36(31)40(44)49)23-34-39(48)45(43-27-14-10-24(2)11-15-27)41(50)42(34,26-8-6-5-7-9-26)37(30)33-22-29(51-3)18-21-35(33)46/h5-19,21-22,31-32,34,36-37,43,46H,4,20,23H2,1-3H3. The van der Waals surface area contributed by atoms with Gasteiger partial charge in [0, 0.05) is 11.5 Å². The molecule has 2 N–H and O–H groups in total. The van der Waals surface area contributed by atoms with Gasteiger partial charge < -0.3 is 9.84 Å². The molecular weight excluding hydrogens is 642 g/mol. The van der Waals surface area contributed by atoms with Gasteiger partial charge >= 0.3 is 0 Å². The molecule has 2 heterocycles. The van der Waals surface area contributed by atoms with E-state index in [9.17, 15) is 19.5 Å². The molecule has 51 heavy (non-hydrogen) atoms. The number of hydrogen-bond acceptors (Lipinski definition) is 7. The normalized spacial score (nSPS) is 26.8. The summed E-state index contributed by atoms with van der Waals surface area (Å²) in [5.41, 5.74) is 6.64. The van der Waals surface area contributed by atoms with E-state index in [-0.39, 0.29) is 30.4 Å². The topological polar surface area (TPSA) is 116 Å². The lowest BCUT2D eigenvalue weighted by molar-refractivity contribution is -0.138. The molecule has 4 amide bonds. The van der Waals surface area contributed by atoms with Crippen molar-refractivity contribution in [2.24, 2.45) is 23.7 Å². The number of carbonyl (C=O) groups excluding carboxylic acids is 4. The lowest BCUT2D eigenvalue weighted by Crippen LogP contribution is -2.53. The molecule has 4 aromatic rings. The number of phenols is 1. The van der Waals surface area contributed by atoms with Crippen molar-refractivity contribution in [1.82, 2.24) is 5.01 Å². The molecule has 0 radical (unpaired) electrons. The maximum atomic E-state index is 15.3. The quantitative estimate of drug-likeness (QED) is 0.170. The number of carbonyl (C=O) groups is 4. The van der Waals surface area contributed by atoms with E-state index in [4.69, 9.17) is 4.74 Å². The van der Waals surface area contributed by atoms with E-state index in [2.05, 4.69) is 5.43 Å². The molecule has 6 unspecified atom stereocenters. The van der Waals surface area contributed by atoms with Gasteiger partial charge in [-0.1, -0.05) is 78.7 Å². The number of aryl methyl sites for hydroxylation is 2. The van der Waals surface area contributed by atoms with E-state index >= 15 is 4.79 Å². The van der Waals surface area contributed by atoms with Gasteiger partial charge in [-0.2, -0.15) is 5.01 Å². The lowest BCUT2D eigenvalue weighted by Gasteiger charge is -2.50. The molecule has 4 aromatic carbocycles. The monoisotopic (exact) mass is 681 g/mol. The van der Waals surface area contributed by atoms with Crippen LogP contribution in [0.15, 0.2) is 109 Å². The van der Waals surface area contributed by atoms with E-state index in [0.29, 0.717) is 28.3 Å². The summed E-state index contributed by atoms with van der Waals surface area (Å²) in [7, 11) is 1.53. The fraction of sp³-hybridized carbons (Fsp3) is 0.286. The van der Waals surface area contributed by atoms with Crippen molar-refractivity contribution in [3.63, 3.8) is 0 Å². The Balaban J connectivity index is 1.32. The maximum absolute atomic E-state index is 15.3. The summed E-state index contributed by atoms with van der Waals surface area (Å²) in [6, 6.07) is 29.1. The number of aromatic hydroxyl groups is 1. The molecule has 8 rings (SSSR count). The van der Waals surface area contributed by atoms with Crippen molar-refractivity contribution >= 4 is 35.0 Å². The summed E-state index contributed by atoms with van der Waals surface area (Å²) in [6.45, 7) is 4.00. The van der Waals surface area contributed by atoms with Crippen LogP contribution in [0.2, 0.25) is 0 Å². The Kier molecular flexibility index (Phi) is 7.81. The van der Waals surface area contributed by atoms with Crippen LogP contribution in [0.3, 0.4) is 0 Å². The van der Waals surface area contributed by atoms with Gasteiger partial charge in [0.15, 0.2) is 0 Å². The Morgan fingerprint density at radius 3 is 2.27 bits per heavy atom. The number of imide groups is 2. The number of rotatable bonds is 7. The summed E-state index contributed by atoms with van der Waals surface area (Å²) in [6.07, 6.45) is 3.27. The zero-order valence-corrected chi connectivity index (χ0v) is 28.7. The van der Waals surface area contributed by atoms with Crippen molar-refractivity contribution in [3.05, 3.63) is 131 Å². The molecule has 9 nitrogen and oxygen atoms in total. The maximum Gasteiger partial charge on any atom is 0.260 e. The molecule has 6 atom stereocenters. The number of methoxy groups -OCH3 is 1. The van der Waals surface area contributed by atoms with Crippen LogP contribution in [0, 0.1) is 30.6 Å². The highest BCUT2D eigenvalue weighted by Crippen LogP contribution is 2.65. The highest BCUT2D eigenvalue weighted by molar-refractivity contribution is 6.22. The minimum absolute atomic E-state index is 0.0600. The molecule has 2 saturated heterocycles. The first-order valence-corrected chi connectivity index (χ1v) is 17.5. The summed E-state index contributed by atoms with van der Waals surface area (Å²) >= 11 is 0. The second kappa shape index (κ2) is 12.3. The Morgan fingerprint density at radius 2 is 1.59 bits per heavy atom.